The van der Waals surface area contributed by atoms with E-state index in [1.165, 1.54) is 0 Å². The van der Waals surface area contributed by atoms with Gasteiger partial charge in [-0.05, 0) is 5.56 Å². The van der Waals surface area contributed by atoms with E-state index in [-0.39, 0.29) is 0 Å². The van der Waals surface area contributed by atoms with Crippen LogP contribution in [0.25, 0.3) is 0 Å². The monoisotopic (exact) mass is 193 g/mol. The number of hydrogen-bond acceptors (Lipinski definition) is 4. The van der Waals surface area contributed by atoms with E-state index in [2.05, 4.69) is 4.74 Å². The summed E-state index contributed by atoms with van der Waals surface area (Å²) in [6.07, 6.45) is 0. The lowest BCUT2D eigenvalue weighted by atomic mass is 10.0. The van der Waals surface area contributed by atoms with Crippen LogP contribution in [0.3, 0.4) is 0 Å². The molecule has 74 valence electrons. The quantitative estimate of drug-likeness (QED) is 0.558. The van der Waals surface area contributed by atoms with Crippen molar-refractivity contribution in [1.82, 2.24) is 0 Å². The molecule has 4 nitrogen and oxygen atoms in total. The van der Waals surface area contributed by atoms with E-state index in [1.54, 1.807) is 30.3 Å². The molecule has 0 aromatic heterocycles. The molecule has 14 heavy (non-hydrogen) atoms. The van der Waals surface area contributed by atoms with Crippen LogP contribution in [0.15, 0.2) is 30.3 Å². The predicted octanol–water partition coefficient (Wildman–Crippen LogP) is 0.428. The average molecular weight is 193 g/mol. The van der Waals surface area contributed by atoms with E-state index < -0.39 is 17.8 Å². The minimum atomic E-state index is -0.941. The van der Waals surface area contributed by atoms with Gasteiger partial charge in [0.2, 0.25) is 0 Å². The molecule has 0 heterocycles. The summed E-state index contributed by atoms with van der Waals surface area (Å²) in [7, 11) is 1.15. The predicted molar refractivity (Wildman–Crippen MR) is 50.4 cm³/mol. The molecule has 0 amide bonds. The minimum Gasteiger partial charge on any atom is -0.463 e. The van der Waals surface area contributed by atoms with Crippen LogP contribution in [-0.2, 0) is 14.3 Å². The van der Waals surface area contributed by atoms with Crippen LogP contribution >= 0.6 is 0 Å². The second-order valence-electron chi connectivity index (χ2n) is 2.74. The zero-order chi connectivity index (χ0) is 10.6. The summed E-state index contributed by atoms with van der Waals surface area (Å²) in [5, 5.41) is 0. The number of nitrogens with two attached hydrogens (primary N) is 1. The van der Waals surface area contributed by atoms with E-state index >= 15 is 0 Å². The highest BCUT2D eigenvalue weighted by molar-refractivity contribution is 6.35. The van der Waals surface area contributed by atoms with Crippen molar-refractivity contribution in [1.29, 1.82) is 0 Å². The van der Waals surface area contributed by atoms with E-state index in [4.69, 9.17) is 5.73 Å². The van der Waals surface area contributed by atoms with Crippen molar-refractivity contribution >= 4 is 11.8 Å². The number of ketones is 1. The molecule has 1 aromatic carbocycles. The number of carbonyl (C=O) groups is 2. The molecule has 2 N–H and O–H groups in total. The Bertz CT molecular complexity index is 334. The van der Waals surface area contributed by atoms with Gasteiger partial charge in [-0.2, -0.15) is 0 Å². The molecule has 1 aromatic rings. The number of rotatable bonds is 3. The smallest absolute Gasteiger partial charge is 0.376 e. The number of carbonyl (C=O) groups excluding carboxylic acids is 2. The standard InChI is InChI=1S/C10H11NO3/c1-14-10(13)9(12)8(11)7-5-3-2-4-6-7/h2-6,8H,11H2,1H3/t8-/m1/s1. The van der Waals surface area contributed by atoms with Crippen LogP contribution in [0.2, 0.25) is 0 Å². The summed E-state index contributed by atoms with van der Waals surface area (Å²) in [6.45, 7) is 0. The summed E-state index contributed by atoms with van der Waals surface area (Å²) in [6, 6.07) is 7.73. The Morgan fingerprint density at radius 3 is 2.36 bits per heavy atom. The molecule has 0 radical (unpaired) electrons. The van der Waals surface area contributed by atoms with Crippen molar-refractivity contribution in [3.05, 3.63) is 35.9 Å². The summed E-state index contributed by atoms with van der Waals surface area (Å²) in [4.78, 5) is 22.1. The van der Waals surface area contributed by atoms with Crippen LogP contribution in [0.1, 0.15) is 11.6 Å². The molecular weight excluding hydrogens is 182 g/mol. The average Bonchev–Trinajstić information content (AvgIpc) is 2.27. The molecule has 0 bridgehead atoms. The first-order valence-electron chi connectivity index (χ1n) is 4.09. The number of benzene rings is 1. The van der Waals surface area contributed by atoms with Crippen LogP contribution in [0.5, 0.6) is 0 Å². The van der Waals surface area contributed by atoms with E-state index in [1.807, 2.05) is 0 Å². The number of hydrogen-bond donors (Lipinski definition) is 1. The molecule has 1 atom stereocenters. The highest BCUT2D eigenvalue weighted by Crippen LogP contribution is 2.10. The van der Waals surface area contributed by atoms with Gasteiger partial charge in [0, 0.05) is 0 Å². The second kappa shape index (κ2) is 4.53. The third-order valence-corrected chi connectivity index (χ3v) is 1.83. The minimum absolute atomic E-state index is 0.600. The van der Waals surface area contributed by atoms with Gasteiger partial charge in [0.15, 0.2) is 0 Å². The second-order valence-corrected chi connectivity index (χ2v) is 2.74. The fourth-order valence-electron chi connectivity index (χ4n) is 1.04. The lowest BCUT2D eigenvalue weighted by molar-refractivity contribution is -0.152. The Kier molecular flexibility index (Phi) is 3.36. The molecule has 0 saturated carbocycles. The maximum atomic E-state index is 11.3. The molecule has 4 heteroatoms. The highest BCUT2D eigenvalue weighted by Gasteiger charge is 2.23. The van der Waals surface area contributed by atoms with Crippen LogP contribution in [0.4, 0.5) is 0 Å². The van der Waals surface area contributed by atoms with E-state index in [0.29, 0.717) is 5.56 Å². The zero-order valence-corrected chi connectivity index (χ0v) is 7.77. The van der Waals surface area contributed by atoms with Gasteiger partial charge < -0.3 is 10.5 Å². The molecule has 0 fully saturated rings. The first-order valence-corrected chi connectivity index (χ1v) is 4.09. The first-order chi connectivity index (χ1) is 6.66. The number of ether oxygens (including phenoxy) is 1. The summed E-state index contributed by atoms with van der Waals surface area (Å²) in [5.41, 5.74) is 6.16. The van der Waals surface area contributed by atoms with Crippen molar-refractivity contribution in [2.45, 2.75) is 6.04 Å². The van der Waals surface area contributed by atoms with E-state index in [9.17, 15) is 9.59 Å². The number of Topliss-reactive ketones (excluding diaryl/α,β-unsaturated/α-hetero) is 1. The fraction of sp³-hybridized carbons (Fsp3) is 0.200. The van der Waals surface area contributed by atoms with Gasteiger partial charge in [0.25, 0.3) is 5.78 Å². The molecule has 0 unspecified atom stereocenters. The van der Waals surface area contributed by atoms with Crippen LogP contribution in [-0.4, -0.2) is 18.9 Å². The molecule has 0 spiro atoms. The lowest BCUT2D eigenvalue weighted by Crippen LogP contribution is -2.29. The molecule has 0 aliphatic rings. The van der Waals surface area contributed by atoms with Crippen LogP contribution < -0.4 is 5.73 Å². The molecule has 0 aliphatic heterocycles. The Balaban J connectivity index is 2.81. The van der Waals surface area contributed by atoms with Gasteiger partial charge in [0.05, 0.1) is 7.11 Å². The maximum absolute atomic E-state index is 11.3. The van der Waals surface area contributed by atoms with Crippen LogP contribution in [0, 0.1) is 0 Å². The van der Waals surface area contributed by atoms with Crippen molar-refractivity contribution in [3.8, 4) is 0 Å². The van der Waals surface area contributed by atoms with Gasteiger partial charge in [-0.1, -0.05) is 30.3 Å². The zero-order valence-electron chi connectivity index (χ0n) is 7.77. The van der Waals surface area contributed by atoms with E-state index in [0.717, 1.165) is 7.11 Å². The van der Waals surface area contributed by atoms with Gasteiger partial charge in [-0.15, -0.1) is 0 Å². The molecule has 0 aliphatic carbocycles. The van der Waals surface area contributed by atoms with Gasteiger partial charge in [-0.25, -0.2) is 4.79 Å². The largest absolute Gasteiger partial charge is 0.463 e. The number of esters is 1. The Labute approximate surface area is 81.7 Å². The third kappa shape index (κ3) is 2.17. The fourth-order valence-corrected chi connectivity index (χ4v) is 1.04. The maximum Gasteiger partial charge on any atom is 0.376 e. The summed E-state index contributed by atoms with van der Waals surface area (Å²) < 4.78 is 4.29. The van der Waals surface area contributed by atoms with Crippen molar-refractivity contribution in [2.75, 3.05) is 7.11 Å². The molecular formula is C10H11NO3. The molecule has 0 saturated heterocycles. The highest BCUT2D eigenvalue weighted by atomic mass is 16.5. The van der Waals surface area contributed by atoms with Crippen molar-refractivity contribution < 1.29 is 14.3 Å². The number of methoxy groups -OCH3 is 1. The molecule has 1 rings (SSSR count). The first kappa shape index (κ1) is 10.4. The third-order valence-electron chi connectivity index (χ3n) is 1.83. The van der Waals surface area contributed by atoms with Gasteiger partial charge in [0.1, 0.15) is 6.04 Å². The Morgan fingerprint density at radius 1 is 1.29 bits per heavy atom. The van der Waals surface area contributed by atoms with Gasteiger partial charge in [-0.3, -0.25) is 4.79 Å². The topological polar surface area (TPSA) is 69.4 Å². The normalized spacial score (nSPS) is 11.9. The SMILES string of the molecule is COC(=O)C(=O)[C@H](N)c1ccccc1. The Hall–Kier alpha value is -1.68. The van der Waals surface area contributed by atoms with Crippen molar-refractivity contribution in [3.63, 3.8) is 0 Å². The lowest BCUT2D eigenvalue weighted by Gasteiger charge is -2.08. The summed E-state index contributed by atoms with van der Waals surface area (Å²) in [5.74, 6) is -1.65. The van der Waals surface area contributed by atoms with Crippen molar-refractivity contribution in [2.24, 2.45) is 5.73 Å². The summed E-state index contributed by atoms with van der Waals surface area (Å²) >= 11 is 0. The van der Waals surface area contributed by atoms with Gasteiger partial charge >= 0.3 is 5.97 Å². The Morgan fingerprint density at radius 2 is 1.86 bits per heavy atom.